The van der Waals surface area contributed by atoms with Crippen molar-refractivity contribution in [2.24, 2.45) is 0 Å². The van der Waals surface area contributed by atoms with E-state index in [2.05, 4.69) is 34.7 Å². The lowest BCUT2D eigenvalue weighted by molar-refractivity contribution is -0.141. The Labute approximate surface area is 226 Å². The predicted molar refractivity (Wildman–Crippen MR) is 148 cm³/mol. The Morgan fingerprint density at radius 1 is 1.13 bits per heavy atom. The molecule has 1 aliphatic heterocycles. The Balaban J connectivity index is 1.46. The molecule has 8 nitrogen and oxygen atoms in total. The van der Waals surface area contributed by atoms with Gasteiger partial charge >= 0.3 is 0 Å². The first-order chi connectivity index (χ1) is 18.5. The number of benzene rings is 2. The van der Waals surface area contributed by atoms with Crippen LogP contribution < -0.4 is 5.32 Å². The first-order valence-corrected chi connectivity index (χ1v) is 13.9. The summed E-state index contributed by atoms with van der Waals surface area (Å²) in [6.45, 7) is 5.60. The van der Waals surface area contributed by atoms with Gasteiger partial charge in [0.1, 0.15) is 18.1 Å². The van der Waals surface area contributed by atoms with Crippen LogP contribution >= 0.6 is 11.3 Å². The van der Waals surface area contributed by atoms with Gasteiger partial charge in [-0.1, -0.05) is 41.6 Å². The summed E-state index contributed by atoms with van der Waals surface area (Å²) in [4.78, 5) is 30.4. The lowest BCUT2D eigenvalue weighted by Crippen LogP contribution is -2.47. The van der Waals surface area contributed by atoms with E-state index < -0.39 is 6.04 Å². The van der Waals surface area contributed by atoms with Crippen molar-refractivity contribution in [3.05, 3.63) is 81.5 Å². The molecule has 0 radical (unpaired) electrons. The molecule has 38 heavy (non-hydrogen) atoms. The molecule has 2 atom stereocenters. The van der Waals surface area contributed by atoms with Crippen molar-refractivity contribution < 1.29 is 14.3 Å². The highest BCUT2D eigenvalue weighted by Gasteiger charge is 2.34. The highest BCUT2D eigenvalue weighted by molar-refractivity contribution is 7.10. The van der Waals surface area contributed by atoms with E-state index in [-0.39, 0.29) is 24.5 Å². The van der Waals surface area contributed by atoms with E-state index in [1.165, 1.54) is 11.3 Å². The van der Waals surface area contributed by atoms with Crippen molar-refractivity contribution in [2.75, 3.05) is 19.7 Å². The van der Waals surface area contributed by atoms with Crippen LogP contribution in [0.2, 0.25) is 0 Å². The van der Waals surface area contributed by atoms with Crippen LogP contribution in [-0.2, 0) is 27.3 Å². The average Bonchev–Trinajstić information content (AvgIpc) is 3.68. The molecule has 1 aliphatic rings. The van der Waals surface area contributed by atoms with E-state index in [0.717, 1.165) is 52.0 Å². The molecule has 0 bridgehead atoms. The maximum Gasteiger partial charge on any atom is 0.248 e. The minimum atomic E-state index is -0.747. The Bertz CT molecular complexity index is 1410. The highest BCUT2D eigenvalue weighted by Crippen LogP contribution is 2.30. The molecule has 2 aromatic heterocycles. The Kier molecular flexibility index (Phi) is 8.14. The molecule has 2 aromatic carbocycles. The largest absolute Gasteiger partial charge is 0.376 e. The topological polar surface area (TPSA) is 89.4 Å². The maximum atomic E-state index is 14.0. The second-order valence-corrected chi connectivity index (χ2v) is 10.7. The highest BCUT2D eigenvalue weighted by atomic mass is 32.1. The summed E-state index contributed by atoms with van der Waals surface area (Å²) in [7, 11) is 0. The van der Waals surface area contributed by atoms with Gasteiger partial charge in [0.15, 0.2) is 0 Å². The molecule has 198 valence electrons. The third kappa shape index (κ3) is 5.79. The predicted octanol–water partition coefficient (Wildman–Crippen LogP) is 4.22. The fourth-order valence-corrected chi connectivity index (χ4v) is 6.00. The molecule has 0 spiro atoms. The third-order valence-electron chi connectivity index (χ3n) is 7.15. The zero-order valence-corrected chi connectivity index (χ0v) is 22.6. The minimum absolute atomic E-state index is 0.00573. The Morgan fingerprint density at radius 2 is 1.95 bits per heavy atom. The standard InChI is InChI=1S/C29H33N5O3S/c1-20-8-3-4-9-22(20)13-15-33(26(35)19-34-25-12-6-5-11-24(25)31-32-34)27(28-21(2)14-17-38-28)29(36)30-18-23-10-7-16-37-23/h3-6,8-9,11-12,14,17,23,27H,7,10,13,15-16,18-19H2,1-2H3,(H,30,36)/t23-,27+/m1/s1. The van der Waals surface area contributed by atoms with E-state index >= 15 is 0 Å². The number of ether oxygens (including phenoxy) is 1. The van der Waals surface area contributed by atoms with Gasteiger partial charge in [-0.2, -0.15) is 0 Å². The summed E-state index contributed by atoms with van der Waals surface area (Å²) < 4.78 is 7.34. The molecule has 4 aromatic rings. The average molecular weight is 532 g/mol. The third-order valence-corrected chi connectivity index (χ3v) is 8.22. The number of hydrogen-bond donors (Lipinski definition) is 1. The van der Waals surface area contributed by atoms with Gasteiger partial charge in [-0.05, 0) is 73.4 Å². The van der Waals surface area contributed by atoms with E-state index in [4.69, 9.17) is 4.74 Å². The van der Waals surface area contributed by atoms with Crippen LogP contribution in [0.25, 0.3) is 11.0 Å². The summed E-state index contributed by atoms with van der Waals surface area (Å²) >= 11 is 1.50. The number of nitrogens with zero attached hydrogens (tertiary/aromatic N) is 4. The summed E-state index contributed by atoms with van der Waals surface area (Å²) in [5, 5.41) is 13.5. The number of fused-ring (bicyclic) bond motifs is 1. The first-order valence-electron chi connectivity index (χ1n) is 13.1. The molecule has 1 N–H and O–H groups in total. The van der Waals surface area contributed by atoms with Gasteiger partial charge in [0.2, 0.25) is 11.8 Å². The van der Waals surface area contributed by atoms with Crippen molar-refractivity contribution >= 4 is 34.2 Å². The van der Waals surface area contributed by atoms with Crippen LogP contribution in [0, 0.1) is 13.8 Å². The van der Waals surface area contributed by atoms with Crippen LogP contribution in [0.1, 0.15) is 40.5 Å². The fraction of sp³-hybridized carbons (Fsp3) is 0.379. The lowest BCUT2D eigenvalue weighted by atomic mass is 10.0. The number of aromatic nitrogens is 3. The van der Waals surface area contributed by atoms with Crippen molar-refractivity contribution in [2.45, 2.75) is 51.8 Å². The van der Waals surface area contributed by atoms with Crippen molar-refractivity contribution in [1.29, 1.82) is 0 Å². The Hall–Kier alpha value is -3.56. The minimum Gasteiger partial charge on any atom is -0.376 e. The SMILES string of the molecule is Cc1ccccc1CCN(C(=O)Cn1nnc2ccccc21)[C@H](C(=O)NC[C@H]1CCCO1)c1sccc1C. The number of carbonyl (C=O) groups is 2. The molecule has 0 aliphatic carbocycles. The monoisotopic (exact) mass is 531 g/mol. The van der Waals surface area contributed by atoms with E-state index in [0.29, 0.717) is 19.5 Å². The van der Waals surface area contributed by atoms with E-state index in [9.17, 15) is 9.59 Å². The molecule has 3 heterocycles. The van der Waals surface area contributed by atoms with E-state index in [1.807, 2.05) is 54.8 Å². The van der Waals surface area contributed by atoms with E-state index in [1.54, 1.807) is 9.58 Å². The molecule has 5 rings (SSSR count). The quantitative estimate of drug-likeness (QED) is 0.331. The van der Waals surface area contributed by atoms with Crippen LogP contribution in [-0.4, -0.2) is 57.5 Å². The van der Waals surface area contributed by atoms with Gasteiger partial charge in [-0.3, -0.25) is 9.59 Å². The fourth-order valence-electron chi connectivity index (χ4n) is 4.97. The van der Waals surface area contributed by atoms with Gasteiger partial charge < -0.3 is 15.0 Å². The molecule has 2 amide bonds. The van der Waals surface area contributed by atoms with Gasteiger partial charge in [-0.25, -0.2) is 4.68 Å². The van der Waals surface area contributed by atoms with Crippen molar-refractivity contribution in [3.63, 3.8) is 0 Å². The smallest absolute Gasteiger partial charge is 0.248 e. The van der Waals surface area contributed by atoms with Crippen molar-refractivity contribution in [3.8, 4) is 0 Å². The lowest BCUT2D eigenvalue weighted by Gasteiger charge is -2.31. The van der Waals surface area contributed by atoms with Gasteiger partial charge in [-0.15, -0.1) is 16.4 Å². The summed E-state index contributed by atoms with van der Waals surface area (Å²) in [5.74, 6) is -0.369. The summed E-state index contributed by atoms with van der Waals surface area (Å²) in [5.41, 5.74) is 4.82. The number of rotatable bonds is 10. The van der Waals surface area contributed by atoms with Crippen LogP contribution in [0.15, 0.2) is 60.0 Å². The van der Waals surface area contributed by atoms with Gasteiger partial charge in [0.25, 0.3) is 0 Å². The second-order valence-electron chi connectivity index (χ2n) is 9.75. The summed E-state index contributed by atoms with van der Waals surface area (Å²) in [6, 6.07) is 17.0. The number of carbonyl (C=O) groups excluding carboxylic acids is 2. The first kappa shape index (κ1) is 26.1. The molecular weight excluding hydrogens is 498 g/mol. The molecular formula is C29H33N5O3S. The molecule has 9 heteroatoms. The number of amides is 2. The van der Waals surface area contributed by atoms with Gasteiger partial charge in [0, 0.05) is 24.6 Å². The number of hydrogen-bond acceptors (Lipinski definition) is 6. The zero-order chi connectivity index (χ0) is 26.5. The van der Waals surface area contributed by atoms with Gasteiger partial charge in [0.05, 0.1) is 11.6 Å². The van der Waals surface area contributed by atoms with Crippen LogP contribution in [0.3, 0.4) is 0 Å². The van der Waals surface area contributed by atoms with Crippen molar-refractivity contribution in [1.82, 2.24) is 25.2 Å². The normalized spacial score (nSPS) is 16.0. The Morgan fingerprint density at radius 3 is 2.71 bits per heavy atom. The number of nitrogens with one attached hydrogen (secondary N) is 1. The van der Waals surface area contributed by atoms with Crippen LogP contribution in [0.5, 0.6) is 0 Å². The number of aryl methyl sites for hydroxylation is 2. The second kappa shape index (κ2) is 11.9. The molecule has 1 fully saturated rings. The molecule has 0 unspecified atom stereocenters. The summed E-state index contributed by atoms with van der Waals surface area (Å²) in [6.07, 6.45) is 2.58. The maximum absolute atomic E-state index is 14.0. The number of thiophene rings is 1. The molecule has 1 saturated heterocycles. The number of para-hydroxylation sites is 1. The van der Waals surface area contributed by atoms with Crippen LogP contribution in [0.4, 0.5) is 0 Å². The zero-order valence-electron chi connectivity index (χ0n) is 21.8. The molecule has 0 saturated carbocycles.